The van der Waals surface area contributed by atoms with Gasteiger partial charge in [-0.15, -0.1) is 5.10 Å². The third-order valence-corrected chi connectivity index (χ3v) is 8.08. The zero-order chi connectivity index (χ0) is 33.5. The minimum absolute atomic E-state index is 0.00497. The molecule has 0 unspecified atom stereocenters. The van der Waals surface area contributed by atoms with Crippen LogP contribution in [-0.2, 0) is 23.1 Å². The van der Waals surface area contributed by atoms with Crippen LogP contribution in [0.4, 0.5) is 29.5 Å². The molecule has 246 valence electrons. The third kappa shape index (κ3) is 7.07. The average Bonchev–Trinajstić information content (AvgIpc) is 3.44. The Kier molecular flexibility index (Phi) is 8.40. The van der Waals surface area contributed by atoms with E-state index in [2.05, 4.69) is 35.7 Å². The standard InChI is InChI=1S/C31H31F3N8O5/c1-30(2,46)19-14-22-23(15-21(19)36-27(44)20-4-3-5-24(35-20)31(32,33)34)47-28(37-22)17-8-11-41(12-9-17)16-18-6-7-25(40-39-18)42-13-10-26(43)38-29(42)45/h3-7,14-15,17,46H,8-13,16H2,1-2H3,(H,36,44)(H,38,43,45). The van der Waals surface area contributed by atoms with Crippen molar-refractivity contribution in [2.75, 3.05) is 29.9 Å². The summed E-state index contributed by atoms with van der Waals surface area (Å²) in [5.74, 6) is -0.311. The number of alkyl halides is 3. The number of nitrogens with zero attached hydrogens (tertiary/aromatic N) is 6. The maximum Gasteiger partial charge on any atom is 0.433 e. The lowest BCUT2D eigenvalue weighted by Gasteiger charge is -2.30. The summed E-state index contributed by atoms with van der Waals surface area (Å²) in [5, 5.41) is 24.1. The highest BCUT2D eigenvalue weighted by molar-refractivity contribution is 6.05. The molecular weight excluding hydrogens is 621 g/mol. The van der Waals surface area contributed by atoms with Crippen LogP contribution in [0.1, 0.15) is 72.4 Å². The number of nitrogens with one attached hydrogen (secondary N) is 2. The van der Waals surface area contributed by atoms with Gasteiger partial charge in [0.15, 0.2) is 17.3 Å². The number of likely N-dealkylation sites (tertiary alicyclic amines) is 1. The monoisotopic (exact) mass is 652 g/mol. The summed E-state index contributed by atoms with van der Waals surface area (Å²) in [6, 6.07) is 9.15. The van der Waals surface area contributed by atoms with Crippen LogP contribution in [0.3, 0.4) is 0 Å². The smallest absolute Gasteiger partial charge is 0.433 e. The molecule has 0 atom stereocenters. The number of piperidine rings is 1. The normalized spacial score (nSPS) is 16.9. The van der Waals surface area contributed by atoms with Crippen LogP contribution in [0.15, 0.2) is 46.9 Å². The maximum atomic E-state index is 13.1. The predicted octanol–water partition coefficient (Wildman–Crippen LogP) is 4.34. The minimum Gasteiger partial charge on any atom is -0.440 e. The van der Waals surface area contributed by atoms with E-state index < -0.39 is 35.1 Å². The highest BCUT2D eigenvalue weighted by atomic mass is 19.4. The van der Waals surface area contributed by atoms with Crippen molar-refractivity contribution < 1.29 is 37.1 Å². The third-order valence-electron chi connectivity index (χ3n) is 8.08. The molecule has 2 aliphatic heterocycles. The second-order valence-corrected chi connectivity index (χ2v) is 12.0. The lowest BCUT2D eigenvalue weighted by atomic mass is 9.95. The van der Waals surface area contributed by atoms with E-state index in [9.17, 15) is 32.7 Å². The Morgan fingerprint density at radius 2 is 1.83 bits per heavy atom. The molecule has 0 aliphatic carbocycles. The van der Waals surface area contributed by atoms with Crippen LogP contribution in [0, 0.1) is 0 Å². The van der Waals surface area contributed by atoms with Gasteiger partial charge in [0, 0.05) is 37.1 Å². The van der Waals surface area contributed by atoms with Crippen LogP contribution < -0.4 is 15.5 Å². The number of carbonyl (C=O) groups is 3. The number of fused-ring (bicyclic) bond motifs is 1. The fourth-order valence-electron chi connectivity index (χ4n) is 5.61. The Morgan fingerprint density at radius 3 is 2.49 bits per heavy atom. The van der Waals surface area contributed by atoms with Crippen molar-refractivity contribution in [1.82, 2.24) is 30.4 Å². The molecule has 0 bridgehead atoms. The molecule has 47 heavy (non-hydrogen) atoms. The second kappa shape index (κ2) is 12.3. The summed E-state index contributed by atoms with van der Waals surface area (Å²) in [4.78, 5) is 48.1. The van der Waals surface area contributed by atoms with E-state index >= 15 is 0 Å². The molecule has 3 aromatic heterocycles. The molecule has 2 saturated heterocycles. The molecule has 13 nitrogen and oxygen atoms in total. The number of halogens is 3. The van der Waals surface area contributed by atoms with E-state index in [-0.39, 0.29) is 30.5 Å². The number of carbonyl (C=O) groups excluding carboxylic acids is 3. The number of urea groups is 1. The largest absolute Gasteiger partial charge is 0.440 e. The number of imide groups is 1. The average molecular weight is 653 g/mol. The van der Waals surface area contributed by atoms with Crippen LogP contribution in [0.25, 0.3) is 11.1 Å². The summed E-state index contributed by atoms with van der Waals surface area (Å²) in [5.41, 5.74) is -1.03. The van der Waals surface area contributed by atoms with Gasteiger partial charge in [0.2, 0.25) is 5.91 Å². The summed E-state index contributed by atoms with van der Waals surface area (Å²) in [6.45, 7) is 5.29. The van der Waals surface area contributed by atoms with E-state index in [0.29, 0.717) is 34.9 Å². The van der Waals surface area contributed by atoms with Gasteiger partial charge in [0.25, 0.3) is 5.91 Å². The summed E-state index contributed by atoms with van der Waals surface area (Å²) >= 11 is 0. The molecule has 4 aromatic rings. The first-order chi connectivity index (χ1) is 22.2. The van der Waals surface area contributed by atoms with Crippen molar-refractivity contribution in [3.8, 4) is 0 Å². The van der Waals surface area contributed by atoms with Gasteiger partial charge in [-0.25, -0.2) is 14.8 Å². The Morgan fingerprint density at radius 1 is 1.06 bits per heavy atom. The number of amides is 4. The van der Waals surface area contributed by atoms with Crippen molar-refractivity contribution in [1.29, 1.82) is 0 Å². The molecule has 5 heterocycles. The number of rotatable bonds is 7. The van der Waals surface area contributed by atoms with Crippen molar-refractivity contribution in [3.05, 3.63) is 71.0 Å². The van der Waals surface area contributed by atoms with Crippen LogP contribution >= 0.6 is 0 Å². The van der Waals surface area contributed by atoms with Gasteiger partial charge in [-0.2, -0.15) is 18.3 Å². The number of benzene rings is 1. The maximum absolute atomic E-state index is 13.1. The Labute approximate surface area is 266 Å². The number of hydrogen-bond donors (Lipinski definition) is 3. The number of pyridine rings is 1. The highest BCUT2D eigenvalue weighted by Crippen LogP contribution is 2.36. The second-order valence-electron chi connectivity index (χ2n) is 12.0. The van der Waals surface area contributed by atoms with Gasteiger partial charge in [0.1, 0.15) is 16.9 Å². The number of hydrogen-bond acceptors (Lipinski definition) is 10. The lowest BCUT2D eigenvalue weighted by molar-refractivity contribution is -0.141. The van der Waals surface area contributed by atoms with E-state index in [1.54, 1.807) is 18.2 Å². The van der Waals surface area contributed by atoms with Crippen molar-refractivity contribution >= 4 is 40.5 Å². The van der Waals surface area contributed by atoms with Crippen molar-refractivity contribution in [3.63, 3.8) is 0 Å². The van der Waals surface area contributed by atoms with Crippen LogP contribution in [0.2, 0.25) is 0 Å². The van der Waals surface area contributed by atoms with Crippen molar-refractivity contribution in [2.45, 2.75) is 57.3 Å². The molecule has 6 rings (SSSR count). The molecule has 2 fully saturated rings. The Hall–Kier alpha value is -4.96. The molecule has 0 spiro atoms. The highest BCUT2D eigenvalue weighted by Gasteiger charge is 2.33. The van der Waals surface area contributed by atoms with Gasteiger partial charge >= 0.3 is 12.2 Å². The van der Waals surface area contributed by atoms with E-state index in [4.69, 9.17) is 4.42 Å². The summed E-state index contributed by atoms with van der Waals surface area (Å²) < 4.78 is 45.5. The molecule has 4 amide bonds. The number of anilines is 2. The van der Waals surface area contributed by atoms with Gasteiger partial charge < -0.3 is 14.8 Å². The zero-order valence-electron chi connectivity index (χ0n) is 25.5. The molecule has 0 radical (unpaired) electrons. The van der Waals surface area contributed by atoms with E-state index in [0.717, 1.165) is 43.8 Å². The van der Waals surface area contributed by atoms with E-state index in [1.807, 2.05) is 0 Å². The lowest BCUT2D eigenvalue weighted by Crippen LogP contribution is -2.50. The van der Waals surface area contributed by atoms with Gasteiger partial charge in [-0.05, 0) is 70.1 Å². The fourth-order valence-corrected chi connectivity index (χ4v) is 5.61. The first kappa shape index (κ1) is 32.0. The Balaban J connectivity index is 1.12. The first-order valence-electron chi connectivity index (χ1n) is 14.9. The topological polar surface area (TPSA) is 167 Å². The summed E-state index contributed by atoms with van der Waals surface area (Å²) in [6.07, 6.45) is -3.03. The van der Waals surface area contributed by atoms with Gasteiger partial charge in [-0.1, -0.05) is 6.07 Å². The van der Waals surface area contributed by atoms with E-state index in [1.165, 1.54) is 30.9 Å². The molecule has 0 saturated carbocycles. The van der Waals surface area contributed by atoms with Crippen LogP contribution in [0.5, 0.6) is 0 Å². The molecule has 1 aromatic carbocycles. The Bertz CT molecular complexity index is 1830. The van der Waals surface area contributed by atoms with Gasteiger partial charge in [0.05, 0.1) is 17.0 Å². The van der Waals surface area contributed by atoms with Crippen molar-refractivity contribution in [2.24, 2.45) is 0 Å². The predicted molar refractivity (Wildman–Crippen MR) is 161 cm³/mol. The first-order valence-corrected chi connectivity index (χ1v) is 14.9. The zero-order valence-corrected chi connectivity index (χ0v) is 25.5. The number of aromatic nitrogens is 4. The fraction of sp³-hybridized carbons (Fsp3) is 0.387. The SMILES string of the molecule is CC(C)(O)c1cc2nc(C3CCN(Cc4ccc(N5CCC(=O)NC5=O)nn4)CC3)oc2cc1NC(=O)c1cccc(C(F)(F)F)n1. The molecule has 2 aliphatic rings. The van der Waals surface area contributed by atoms with Gasteiger partial charge in [-0.3, -0.25) is 24.7 Å². The molecular formula is C31H31F3N8O5. The number of oxazole rings is 1. The number of aliphatic hydroxyl groups is 1. The summed E-state index contributed by atoms with van der Waals surface area (Å²) in [7, 11) is 0. The van der Waals surface area contributed by atoms with Crippen LogP contribution in [-0.4, -0.2) is 67.7 Å². The molecule has 16 heteroatoms. The minimum atomic E-state index is -4.71. The quantitative estimate of drug-likeness (QED) is 0.261. The molecule has 3 N–H and O–H groups in total.